The van der Waals surface area contributed by atoms with Crippen LogP contribution in [0.5, 0.6) is 0 Å². The highest BCUT2D eigenvalue weighted by Crippen LogP contribution is 2.25. The number of rotatable bonds is 3. The van der Waals surface area contributed by atoms with E-state index in [-0.39, 0.29) is 11.4 Å². The Morgan fingerprint density at radius 2 is 1.95 bits per heavy atom. The molecule has 1 aromatic heterocycles. The minimum atomic E-state index is -0.250. The van der Waals surface area contributed by atoms with E-state index in [9.17, 15) is 4.39 Å². The Hall–Kier alpha value is -2.01. The Morgan fingerprint density at radius 3 is 2.59 bits per heavy atom. The van der Waals surface area contributed by atoms with Gasteiger partial charge in [0.1, 0.15) is 5.82 Å². The SMILES string of the molecule is CCC1(C)CN(c2ccc(-c3ccc(F)cc3)nn2)CCO1. The number of halogens is 1. The summed E-state index contributed by atoms with van der Waals surface area (Å²) in [5, 5.41) is 8.60. The van der Waals surface area contributed by atoms with Gasteiger partial charge in [-0.25, -0.2) is 4.39 Å². The van der Waals surface area contributed by atoms with Crippen LogP contribution in [0.1, 0.15) is 20.3 Å². The fourth-order valence-corrected chi connectivity index (χ4v) is 2.61. The van der Waals surface area contributed by atoms with Crippen LogP contribution in [-0.4, -0.2) is 35.5 Å². The second-order valence-corrected chi connectivity index (χ2v) is 5.86. The number of morpholine rings is 1. The number of benzene rings is 1. The maximum absolute atomic E-state index is 13.0. The van der Waals surface area contributed by atoms with E-state index in [4.69, 9.17) is 4.74 Å². The summed E-state index contributed by atoms with van der Waals surface area (Å²) in [7, 11) is 0. The standard InChI is InChI=1S/C17H20FN3O/c1-3-17(2)12-21(10-11-22-17)16-9-8-15(19-20-16)13-4-6-14(18)7-5-13/h4-9H,3,10-12H2,1-2H3. The average Bonchev–Trinajstić information content (AvgIpc) is 2.56. The molecule has 0 saturated carbocycles. The van der Waals surface area contributed by atoms with Gasteiger partial charge in [-0.3, -0.25) is 0 Å². The lowest BCUT2D eigenvalue weighted by Crippen LogP contribution is -2.50. The zero-order valence-electron chi connectivity index (χ0n) is 12.9. The van der Waals surface area contributed by atoms with Crippen LogP contribution < -0.4 is 4.90 Å². The van der Waals surface area contributed by atoms with Gasteiger partial charge in [0.25, 0.3) is 0 Å². The van der Waals surface area contributed by atoms with E-state index >= 15 is 0 Å². The molecule has 1 aromatic carbocycles. The van der Waals surface area contributed by atoms with Gasteiger partial charge in [0.15, 0.2) is 5.82 Å². The first-order valence-electron chi connectivity index (χ1n) is 7.58. The molecule has 0 aliphatic carbocycles. The molecule has 0 radical (unpaired) electrons. The maximum Gasteiger partial charge on any atom is 0.151 e. The Morgan fingerprint density at radius 1 is 1.18 bits per heavy atom. The molecule has 22 heavy (non-hydrogen) atoms. The summed E-state index contributed by atoms with van der Waals surface area (Å²) in [6.45, 7) is 6.59. The van der Waals surface area contributed by atoms with Crippen LogP contribution in [0.3, 0.4) is 0 Å². The topological polar surface area (TPSA) is 38.2 Å². The van der Waals surface area contributed by atoms with Crippen molar-refractivity contribution < 1.29 is 9.13 Å². The van der Waals surface area contributed by atoms with Crippen molar-refractivity contribution in [1.29, 1.82) is 0 Å². The zero-order valence-corrected chi connectivity index (χ0v) is 12.9. The highest BCUT2D eigenvalue weighted by molar-refractivity contribution is 5.59. The lowest BCUT2D eigenvalue weighted by molar-refractivity contribution is -0.0443. The third-order valence-electron chi connectivity index (χ3n) is 4.20. The van der Waals surface area contributed by atoms with Gasteiger partial charge < -0.3 is 9.64 Å². The summed E-state index contributed by atoms with van der Waals surface area (Å²) >= 11 is 0. The van der Waals surface area contributed by atoms with Crippen LogP contribution in [0.4, 0.5) is 10.2 Å². The second-order valence-electron chi connectivity index (χ2n) is 5.86. The Balaban J connectivity index is 1.78. The Labute approximate surface area is 129 Å². The number of nitrogens with zero attached hydrogens (tertiary/aromatic N) is 3. The van der Waals surface area contributed by atoms with Crippen molar-refractivity contribution in [2.45, 2.75) is 25.9 Å². The molecule has 5 heteroatoms. The van der Waals surface area contributed by atoms with Crippen LogP contribution in [0.25, 0.3) is 11.3 Å². The molecular formula is C17H20FN3O. The number of anilines is 1. The molecule has 1 atom stereocenters. The van der Waals surface area contributed by atoms with E-state index in [0.29, 0.717) is 6.61 Å². The molecule has 3 rings (SSSR count). The number of hydrogen-bond acceptors (Lipinski definition) is 4. The predicted octanol–water partition coefficient (Wildman–Crippen LogP) is 3.29. The smallest absolute Gasteiger partial charge is 0.151 e. The van der Waals surface area contributed by atoms with Crippen LogP contribution in [0.15, 0.2) is 36.4 Å². The van der Waals surface area contributed by atoms with Crippen molar-refractivity contribution in [3.8, 4) is 11.3 Å². The maximum atomic E-state index is 13.0. The molecule has 1 unspecified atom stereocenters. The van der Waals surface area contributed by atoms with E-state index in [0.717, 1.165) is 36.6 Å². The van der Waals surface area contributed by atoms with Gasteiger partial charge in [0, 0.05) is 18.7 Å². The fourth-order valence-electron chi connectivity index (χ4n) is 2.61. The van der Waals surface area contributed by atoms with Crippen molar-refractivity contribution in [3.05, 3.63) is 42.2 Å². The summed E-state index contributed by atoms with van der Waals surface area (Å²) in [5.41, 5.74) is 1.48. The third-order valence-corrected chi connectivity index (χ3v) is 4.20. The molecule has 2 heterocycles. The predicted molar refractivity (Wildman–Crippen MR) is 84.3 cm³/mol. The van der Waals surface area contributed by atoms with Gasteiger partial charge in [-0.05, 0) is 49.7 Å². The first-order valence-corrected chi connectivity index (χ1v) is 7.58. The quantitative estimate of drug-likeness (QED) is 0.872. The molecule has 1 fully saturated rings. The second kappa shape index (κ2) is 6.01. The Bertz CT molecular complexity index is 629. The molecule has 1 aliphatic rings. The monoisotopic (exact) mass is 301 g/mol. The molecule has 2 aromatic rings. The molecule has 1 aliphatic heterocycles. The molecular weight excluding hydrogens is 281 g/mol. The summed E-state index contributed by atoms with van der Waals surface area (Å²) < 4.78 is 18.8. The van der Waals surface area contributed by atoms with E-state index in [1.807, 2.05) is 12.1 Å². The van der Waals surface area contributed by atoms with Crippen molar-refractivity contribution in [3.63, 3.8) is 0 Å². The van der Waals surface area contributed by atoms with Gasteiger partial charge in [-0.15, -0.1) is 10.2 Å². The number of aromatic nitrogens is 2. The summed E-state index contributed by atoms with van der Waals surface area (Å²) in [5.74, 6) is 0.606. The minimum Gasteiger partial charge on any atom is -0.372 e. The Kier molecular flexibility index (Phi) is 4.07. The van der Waals surface area contributed by atoms with E-state index in [2.05, 4.69) is 28.9 Å². The van der Waals surface area contributed by atoms with Crippen molar-refractivity contribution >= 4 is 5.82 Å². The molecule has 0 bridgehead atoms. The largest absolute Gasteiger partial charge is 0.372 e. The molecule has 1 saturated heterocycles. The van der Waals surface area contributed by atoms with Gasteiger partial charge in [-0.1, -0.05) is 6.92 Å². The normalized spacial score (nSPS) is 21.9. The van der Waals surface area contributed by atoms with Crippen LogP contribution in [0, 0.1) is 5.82 Å². The summed E-state index contributed by atoms with van der Waals surface area (Å²) in [6, 6.07) is 10.2. The highest BCUT2D eigenvalue weighted by atomic mass is 19.1. The van der Waals surface area contributed by atoms with Crippen molar-refractivity contribution in [2.24, 2.45) is 0 Å². The van der Waals surface area contributed by atoms with Gasteiger partial charge in [0.05, 0.1) is 17.9 Å². The lowest BCUT2D eigenvalue weighted by atomic mass is 10.0. The molecule has 116 valence electrons. The third kappa shape index (κ3) is 3.09. The van der Waals surface area contributed by atoms with E-state index in [1.165, 1.54) is 12.1 Å². The molecule has 0 N–H and O–H groups in total. The van der Waals surface area contributed by atoms with E-state index in [1.54, 1.807) is 12.1 Å². The fraction of sp³-hybridized carbons (Fsp3) is 0.412. The summed E-state index contributed by atoms with van der Waals surface area (Å²) in [6.07, 6.45) is 0.963. The highest BCUT2D eigenvalue weighted by Gasteiger charge is 2.30. The average molecular weight is 301 g/mol. The van der Waals surface area contributed by atoms with Crippen molar-refractivity contribution in [1.82, 2.24) is 10.2 Å². The summed E-state index contributed by atoms with van der Waals surface area (Å²) in [4.78, 5) is 2.20. The van der Waals surface area contributed by atoms with Crippen LogP contribution >= 0.6 is 0 Å². The van der Waals surface area contributed by atoms with Gasteiger partial charge in [0.2, 0.25) is 0 Å². The molecule has 0 spiro atoms. The minimum absolute atomic E-state index is 0.129. The zero-order chi connectivity index (χ0) is 15.6. The molecule has 0 amide bonds. The first kappa shape index (κ1) is 14.9. The lowest BCUT2D eigenvalue weighted by Gasteiger charge is -2.40. The van der Waals surface area contributed by atoms with Crippen LogP contribution in [-0.2, 0) is 4.74 Å². The van der Waals surface area contributed by atoms with E-state index < -0.39 is 0 Å². The number of ether oxygens (including phenoxy) is 1. The van der Waals surface area contributed by atoms with Gasteiger partial charge >= 0.3 is 0 Å². The first-order chi connectivity index (χ1) is 10.6. The number of hydrogen-bond donors (Lipinski definition) is 0. The van der Waals surface area contributed by atoms with Gasteiger partial charge in [-0.2, -0.15) is 0 Å². The molecule has 4 nitrogen and oxygen atoms in total. The van der Waals surface area contributed by atoms with Crippen LogP contribution in [0.2, 0.25) is 0 Å². The van der Waals surface area contributed by atoms with Crippen molar-refractivity contribution in [2.75, 3.05) is 24.6 Å².